The molecule has 3 aromatic carbocycles. The number of amides is 8. The molecule has 18 nitrogen and oxygen atoms in total. The molecule has 73 heavy (non-hydrogen) atoms. The first-order valence-corrected chi connectivity index (χ1v) is 27.1. The number of carbonyl (C=O) groups is 8. The van der Waals surface area contributed by atoms with Crippen molar-refractivity contribution in [1.82, 2.24) is 52.3 Å². The van der Waals surface area contributed by atoms with E-state index in [0.717, 1.165) is 11.1 Å². The summed E-state index contributed by atoms with van der Waals surface area (Å²) in [6, 6.07) is 19.1. The maximum atomic E-state index is 14.5. The molecule has 0 aromatic heterocycles. The Balaban J connectivity index is 0.993. The minimum absolute atomic E-state index is 0.0541. The van der Waals surface area contributed by atoms with E-state index in [2.05, 4.69) is 42.5 Å². The summed E-state index contributed by atoms with van der Waals surface area (Å²) < 4.78 is 0. The van der Waals surface area contributed by atoms with Crippen LogP contribution in [0.15, 0.2) is 84.9 Å². The molecule has 1 unspecified atom stereocenters. The fraction of sp³-hybridized carbons (Fsp3) is 0.509. The van der Waals surface area contributed by atoms with Crippen molar-refractivity contribution in [3.05, 3.63) is 107 Å². The predicted molar refractivity (Wildman–Crippen MR) is 281 cm³/mol. The summed E-state index contributed by atoms with van der Waals surface area (Å²) in [5.41, 5.74) is 1.36. The number of carbonyl (C=O) groups excluding carboxylic acids is 8. The molecule has 4 fully saturated rings. The van der Waals surface area contributed by atoms with Crippen molar-refractivity contribution in [2.45, 2.75) is 126 Å². The lowest BCUT2D eigenvalue weighted by atomic mass is 9.83. The summed E-state index contributed by atoms with van der Waals surface area (Å²) in [4.78, 5) is 114. The van der Waals surface area contributed by atoms with Gasteiger partial charge in [0.25, 0.3) is 0 Å². The molecule has 3 aromatic rings. The lowest BCUT2D eigenvalue weighted by molar-refractivity contribution is -0.144. The first kappa shape index (κ1) is 54.8. The number of rotatable bonds is 18. The van der Waals surface area contributed by atoms with Gasteiger partial charge in [0.15, 0.2) is 0 Å². The Morgan fingerprint density at radius 2 is 1.01 bits per heavy atom. The van der Waals surface area contributed by atoms with E-state index in [4.69, 9.17) is 0 Å². The summed E-state index contributed by atoms with van der Waals surface area (Å²) in [5, 5.41) is 22.8. The Morgan fingerprint density at radius 1 is 0.603 bits per heavy atom. The number of nitrogens with one attached hydrogen (secondary N) is 8. The Bertz CT molecular complexity index is 2500. The van der Waals surface area contributed by atoms with Crippen molar-refractivity contribution in [1.29, 1.82) is 0 Å². The van der Waals surface area contributed by atoms with Crippen molar-refractivity contribution < 1.29 is 38.4 Å². The third kappa shape index (κ3) is 12.9. The van der Waals surface area contributed by atoms with Crippen LogP contribution in [0.5, 0.6) is 0 Å². The van der Waals surface area contributed by atoms with E-state index in [9.17, 15) is 38.4 Å². The monoisotopic (exact) mass is 1040 g/mol. The molecule has 0 saturated carbocycles. The summed E-state index contributed by atoms with van der Waals surface area (Å²) in [6.45, 7) is 9.79. The third-order valence-electron chi connectivity index (χ3n) is 14.2. The van der Waals surface area contributed by atoms with Crippen LogP contribution in [0.1, 0.15) is 94.6 Å². The topological polar surface area (TPSA) is 239 Å². The fourth-order valence-electron chi connectivity index (χ4n) is 10.2. The highest BCUT2D eigenvalue weighted by atomic mass is 32.2. The van der Waals surface area contributed by atoms with Gasteiger partial charge in [-0.05, 0) is 91.3 Å². The van der Waals surface area contributed by atoms with Crippen LogP contribution in [0, 0.1) is 10.8 Å². The van der Waals surface area contributed by atoms with Crippen LogP contribution >= 0.6 is 23.5 Å². The van der Waals surface area contributed by atoms with Gasteiger partial charge >= 0.3 is 0 Å². The van der Waals surface area contributed by atoms with Crippen LogP contribution in [0.2, 0.25) is 0 Å². The zero-order valence-electron chi connectivity index (χ0n) is 42.6. The molecule has 7 rings (SSSR count). The molecule has 9 atom stereocenters. The van der Waals surface area contributed by atoms with E-state index in [1.165, 1.54) is 0 Å². The zero-order valence-corrected chi connectivity index (χ0v) is 44.3. The van der Waals surface area contributed by atoms with Gasteiger partial charge in [-0.3, -0.25) is 38.4 Å². The standard InChI is InChI=1S/C53H70N10O8S2/c1-31(55-7)45(65)59-37-23-25-73-40-27-53(4,5)44(63(40)51(37)71)49(69)61-42(35-16-12-9-13-17-35)47(67)57-29-33-20-18-32(19-21-33)28-56-46(66)41(34-14-10-8-11-15-34)60-48(68)43-52(2,3)26-39-62(43)50(70)36(22-24-72-39)58-38(64)30-54-6/h8-21,31,36-37,39-44,54-55H,22-30H2,1-7H3,(H,56,66)(H,57,67)(H,58,64)(H,59,65)(H,60,68)(H,61,69)/t31-,36-,37-,39-,40-,41-,42-,43?,44+/m0/s1. The Labute approximate surface area is 436 Å². The lowest BCUT2D eigenvalue weighted by Crippen LogP contribution is -2.58. The molecule has 8 N–H and O–H groups in total. The molecule has 8 amide bonds. The molecule has 4 aliphatic heterocycles. The molecule has 0 radical (unpaired) electrons. The summed E-state index contributed by atoms with van der Waals surface area (Å²) in [7, 11) is 3.32. The summed E-state index contributed by atoms with van der Waals surface area (Å²) in [5.74, 6) is -1.83. The molecule has 0 bridgehead atoms. The molecule has 392 valence electrons. The van der Waals surface area contributed by atoms with E-state index >= 15 is 0 Å². The predicted octanol–water partition coefficient (Wildman–Crippen LogP) is 2.61. The van der Waals surface area contributed by atoms with Gasteiger partial charge < -0.3 is 52.3 Å². The number of hydrogen-bond acceptors (Lipinski definition) is 12. The highest BCUT2D eigenvalue weighted by Gasteiger charge is 2.56. The van der Waals surface area contributed by atoms with Crippen LogP contribution in [0.3, 0.4) is 0 Å². The molecule has 20 heteroatoms. The number of nitrogens with zero attached hydrogens (tertiary/aromatic N) is 2. The van der Waals surface area contributed by atoms with Crippen LogP contribution in [-0.2, 0) is 51.4 Å². The first-order chi connectivity index (χ1) is 34.8. The molecule has 4 aliphatic rings. The minimum atomic E-state index is -1.09. The highest BCUT2D eigenvalue weighted by molar-refractivity contribution is 8.00. The van der Waals surface area contributed by atoms with E-state index in [1.54, 1.807) is 103 Å². The Morgan fingerprint density at radius 3 is 1.41 bits per heavy atom. The van der Waals surface area contributed by atoms with Crippen molar-refractivity contribution in [3.8, 4) is 0 Å². The van der Waals surface area contributed by atoms with Crippen LogP contribution < -0.4 is 42.5 Å². The van der Waals surface area contributed by atoms with Gasteiger partial charge in [0.05, 0.1) is 23.3 Å². The van der Waals surface area contributed by atoms with Gasteiger partial charge in [0.1, 0.15) is 36.3 Å². The maximum absolute atomic E-state index is 14.5. The van der Waals surface area contributed by atoms with E-state index in [1.807, 2.05) is 64.1 Å². The van der Waals surface area contributed by atoms with E-state index < -0.39 is 76.8 Å². The SMILES string of the molecule is CNCC(=O)N[C@H]1CCS[C@H]2CC(C)(C)C(C(=O)N[C@H](C(=O)NCc3ccc(CNC(=O)[C@@H](NC(=O)[C@H]4N5C(=O)[C@@H](NC(=O)[C@H](C)NC)CCS[C@H]5CC4(C)C)c4ccccc4)cc3)c3ccccc3)N2C1=O. The fourth-order valence-corrected chi connectivity index (χ4v) is 13.4. The van der Waals surface area contributed by atoms with Crippen molar-refractivity contribution in [2.75, 3.05) is 32.1 Å². The number of benzene rings is 3. The average molecular weight is 1040 g/mol. The second kappa shape index (κ2) is 23.9. The number of thioether (sulfide) groups is 2. The highest BCUT2D eigenvalue weighted by Crippen LogP contribution is 2.48. The summed E-state index contributed by atoms with van der Waals surface area (Å²) in [6.07, 6.45) is 1.99. The quantitative estimate of drug-likeness (QED) is 0.0919. The number of hydrogen-bond donors (Lipinski definition) is 8. The second-order valence-corrected chi connectivity index (χ2v) is 23.2. The first-order valence-electron chi connectivity index (χ1n) is 25.0. The van der Waals surface area contributed by atoms with Gasteiger partial charge in [-0.25, -0.2) is 0 Å². The largest absolute Gasteiger partial charge is 0.350 e. The third-order valence-corrected chi connectivity index (χ3v) is 16.7. The maximum Gasteiger partial charge on any atom is 0.247 e. The summed E-state index contributed by atoms with van der Waals surface area (Å²) >= 11 is 3.18. The van der Waals surface area contributed by atoms with Crippen LogP contribution in [-0.4, -0.2) is 130 Å². The van der Waals surface area contributed by atoms with Gasteiger partial charge in [-0.2, -0.15) is 0 Å². The Kier molecular flexibility index (Phi) is 18.0. The molecular formula is C53H70N10O8S2. The van der Waals surface area contributed by atoms with Gasteiger partial charge in [-0.1, -0.05) is 113 Å². The van der Waals surface area contributed by atoms with Gasteiger partial charge in [-0.15, -0.1) is 23.5 Å². The second-order valence-electron chi connectivity index (χ2n) is 20.6. The number of fused-ring (bicyclic) bond motifs is 2. The smallest absolute Gasteiger partial charge is 0.247 e. The van der Waals surface area contributed by atoms with E-state index in [0.29, 0.717) is 48.3 Å². The molecule has 0 aliphatic carbocycles. The molecule has 4 heterocycles. The van der Waals surface area contributed by atoms with E-state index in [-0.39, 0.29) is 54.0 Å². The van der Waals surface area contributed by atoms with Gasteiger partial charge in [0, 0.05) is 13.1 Å². The van der Waals surface area contributed by atoms with Crippen molar-refractivity contribution >= 4 is 70.8 Å². The van der Waals surface area contributed by atoms with Crippen molar-refractivity contribution in [3.63, 3.8) is 0 Å². The van der Waals surface area contributed by atoms with Crippen LogP contribution in [0.4, 0.5) is 0 Å². The number of likely N-dealkylation sites (N-methyl/N-ethyl adjacent to an activating group) is 2. The molecular weight excluding hydrogens is 969 g/mol. The van der Waals surface area contributed by atoms with Crippen molar-refractivity contribution in [2.24, 2.45) is 10.8 Å². The normalized spacial score (nSPS) is 24.3. The zero-order chi connectivity index (χ0) is 52.6. The molecule has 0 spiro atoms. The average Bonchev–Trinajstić information content (AvgIpc) is 3.69. The Hall–Kier alpha value is -5.96. The van der Waals surface area contributed by atoms with Gasteiger partial charge in [0.2, 0.25) is 47.3 Å². The molecule has 4 saturated heterocycles. The minimum Gasteiger partial charge on any atom is -0.350 e. The van der Waals surface area contributed by atoms with Crippen LogP contribution in [0.25, 0.3) is 0 Å². The lowest BCUT2D eigenvalue weighted by Gasteiger charge is -2.35.